The number of hydrogen-bond acceptors (Lipinski definition) is 0. The van der Waals surface area contributed by atoms with Crippen LogP contribution in [0.25, 0.3) is 98.7 Å². The number of fused-ring (bicyclic) bond motifs is 5. The molecular formula is C52H34. The molecule has 0 atom stereocenters. The molecule has 10 aromatic carbocycles. The van der Waals surface area contributed by atoms with Crippen molar-refractivity contribution in [2.75, 3.05) is 0 Å². The maximum atomic E-state index is 2.49. The Morgan fingerprint density at radius 2 is 0.596 bits per heavy atom. The predicted molar refractivity (Wildman–Crippen MR) is 224 cm³/mol. The summed E-state index contributed by atoms with van der Waals surface area (Å²) >= 11 is 0. The SMILES string of the molecule is c1ccc(-c2cccc(-c3c4ccccc4c(-c4cccc(-c5ccccc5)c4)c4cc5c(cc34)c(-c3ccccc3)cc3ccccc35)c2)cc1. The molecule has 0 heteroatoms. The third-order valence-corrected chi connectivity index (χ3v) is 10.6. The summed E-state index contributed by atoms with van der Waals surface area (Å²) in [5, 5.41) is 10.1. The zero-order chi connectivity index (χ0) is 34.4. The molecule has 0 bridgehead atoms. The zero-order valence-electron chi connectivity index (χ0n) is 28.6. The van der Waals surface area contributed by atoms with E-state index >= 15 is 0 Å². The Hall–Kier alpha value is -6.76. The van der Waals surface area contributed by atoms with Crippen LogP contribution in [0.4, 0.5) is 0 Å². The molecule has 242 valence electrons. The summed E-state index contributed by atoms with van der Waals surface area (Å²) in [6.07, 6.45) is 0. The van der Waals surface area contributed by atoms with Crippen molar-refractivity contribution in [3.63, 3.8) is 0 Å². The van der Waals surface area contributed by atoms with Crippen LogP contribution in [0.15, 0.2) is 206 Å². The number of benzene rings is 10. The quantitative estimate of drug-likeness (QED) is 0.128. The van der Waals surface area contributed by atoms with Gasteiger partial charge in [-0.05, 0) is 129 Å². The van der Waals surface area contributed by atoms with E-state index in [-0.39, 0.29) is 0 Å². The highest BCUT2D eigenvalue weighted by atomic mass is 14.2. The summed E-state index contributed by atoms with van der Waals surface area (Å²) in [6, 6.07) is 75.6. The van der Waals surface area contributed by atoms with Gasteiger partial charge in [-0.1, -0.05) is 176 Å². The minimum absolute atomic E-state index is 1.21. The molecular weight excluding hydrogens is 625 g/mol. The monoisotopic (exact) mass is 658 g/mol. The van der Waals surface area contributed by atoms with E-state index in [1.807, 2.05) is 0 Å². The highest BCUT2D eigenvalue weighted by Gasteiger charge is 2.20. The molecule has 0 unspecified atom stereocenters. The normalized spacial score (nSPS) is 11.5. The fraction of sp³-hybridized carbons (Fsp3) is 0. The van der Waals surface area contributed by atoms with Gasteiger partial charge in [0.2, 0.25) is 0 Å². The molecule has 0 nitrogen and oxygen atoms in total. The second kappa shape index (κ2) is 12.5. The van der Waals surface area contributed by atoms with Gasteiger partial charge in [0.25, 0.3) is 0 Å². The topological polar surface area (TPSA) is 0 Å². The third-order valence-electron chi connectivity index (χ3n) is 10.6. The van der Waals surface area contributed by atoms with Gasteiger partial charge in [-0.15, -0.1) is 0 Å². The first kappa shape index (κ1) is 30.1. The fourth-order valence-corrected chi connectivity index (χ4v) is 8.22. The van der Waals surface area contributed by atoms with Crippen LogP contribution in [0.5, 0.6) is 0 Å². The van der Waals surface area contributed by atoms with Crippen molar-refractivity contribution in [1.82, 2.24) is 0 Å². The van der Waals surface area contributed by atoms with E-state index < -0.39 is 0 Å². The minimum Gasteiger partial charge on any atom is -0.0622 e. The van der Waals surface area contributed by atoms with Crippen LogP contribution in [-0.2, 0) is 0 Å². The Balaban J connectivity index is 1.38. The van der Waals surface area contributed by atoms with E-state index in [4.69, 9.17) is 0 Å². The van der Waals surface area contributed by atoms with Crippen molar-refractivity contribution in [2.45, 2.75) is 0 Å². The average molecular weight is 659 g/mol. The minimum atomic E-state index is 1.21. The Kier molecular flexibility index (Phi) is 7.25. The molecule has 0 fully saturated rings. The van der Waals surface area contributed by atoms with E-state index in [0.29, 0.717) is 0 Å². The summed E-state index contributed by atoms with van der Waals surface area (Å²) in [7, 11) is 0. The smallest absolute Gasteiger partial charge is 0.00259 e. The molecule has 10 aromatic rings. The molecule has 0 spiro atoms. The molecule has 52 heavy (non-hydrogen) atoms. The molecule has 0 aromatic heterocycles. The third kappa shape index (κ3) is 5.08. The lowest BCUT2D eigenvalue weighted by molar-refractivity contribution is 1.60. The van der Waals surface area contributed by atoms with Gasteiger partial charge in [0, 0.05) is 0 Å². The first-order valence-electron chi connectivity index (χ1n) is 18.0. The van der Waals surface area contributed by atoms with Gasteiger partial charge in [0.15, 0.2) is 0 Å². The van der Waals surface area contributed by atoms with E-state index in [1.54, 1.807) is 0 Å². The van der Waals surface area contributed by atoms with Gasteiger partial charge < -0.3 is 0 Å². The van der Waals surface area contributed by atoms with Crippen molar-refractivity contribution in [1.29, 1.82) is 0 Å². The van der Waals surface area contributed by atoms with Gasteiger partial charge in [-0.25, -0.2) is 0 Å². The maximum absolute atomic E-state index is 2.49. The van der Waals surface area contributed by atoms with Gasteiger partial charge in [0.1, 0.15) is 0 Å². The van der Waals surface area contributed by atoms with Gasteiger partial charge in [-0.2, -0.15) is 0 Å². The van der Waals surface area contributed by atoms with Crippen molar-refractivity contribution in [3.8, 4) is 55.6 Å². The lowest BCUT2D eigenvalue weighted by Crippen LogP contribution is -1.93. The fourth-order valence-electron chi connectivity index (χ4n) is 8.22. The van der Waals surface area contributed by atoms with Crippen LogP contribution < -0.4 is 0 Å². The van der Waals surface area contributed by atoms with Gasteiger partial charge in [0.05, 0.1) is 0 Å². The first-order chi connectivity index (χ1) is 25.8. The highest BCUT2D eigenvalue weighted by molar-refractivity contribution is 6.27. The second-order valence-electron chi connectivity index (χ2n) is 13.6. The molecule has 0 radical (unpaired) electrons. The second-order valence-corrected chi connectivity index (χ2v) is 13.6. The first-order valence-corrected chi connectivity index (χ1v) is 18.0. The zero-order valence-corrected chi connectivity index (χ0v) is 28.6. The molecule has 0 heterocycles. The lowest BCUT2D eigenvalue weighted by Gasteiger charge is -2.21. The molecule has 0 amide bonds. The summed E-state index contributed by atoms with van der Waals surface area (Å²) in [6.45, 7) is 0. The highest BCUT2D eigenvalue weighted by Crippen LogP contribution is 2.48. The molecule has 10 rings (SSSR count). The molecule has 0 saturated carbocycles. The lowest BCUT2D eigenvalue weighted by atomic mass is 9.82. The van der Waals surface area contributed by atoms with Gasteiger partial charge in [-0.3, -0.25) is 0 Å². The largest absolute Gasteiger partial charge is 0.0622 e. The van der Waals surface area contributed by atoms with E-state index in [2.05, 4.69) is 206 Å². The molecule has 0 saturated heterocycles. The summed E-state index contributed by atoms with van der Waals surface area (Å²) in [5.74, 6) is 0. The van der Waals surface area contributed by atoms with Crippen molar-refractivity contribution in [2.24, 2.45) is 0 Å². The maximum Gasteiger partial charge on any atom is -0.00259 e. The van der Waals surface area contributed by atoms with Crippen LogP contribution in [0.1, 0.15) is 0 Å². The van der Waals surface area contributed by atoms with Crippen LogP contribution >= 0.6 is 0 Å². The number of rotatable bonds is 5. The summed E-state index contributed by atoms with van der Waals surface area (Å²) in [5.41, 5.74) is 12.3. The van der Waals surface area contributed by atoms with E-state index in [9.17, 15) is 0 Å². The van der Waals surface area contributed by atoms with Crippen LogP contribution in [-0.4, -0.2) is 0 Å². The standard InChI is InChI=1S/C52H34/c1-4-16-35(17-5-1)38-23-14-25-41(30-38)51-44-28-12-13-29-45(44)52(42-26-15-24-39(31-42)36-18-6-2-7-19-36)50-34-48-46(37-20-8-3-9-21-37)32-40-22-10-11-27-43(40)47(48)33-49(50)51/h1-34H. The Labute approximate surface area is 303 Å². The molecule has 0 aliphatic rings. The van der Waals surface area contributed by atoms with Crippen LogP contribution in [0.3, 0.4) is 0 Å². The van der Waals surface area contributed by atoms with E-state index in [0.717, 1.165) is 0 Å². The summed E-state index contributed by atoms with van der Waals surface area (Å²) < 4.78 is 0. The molecule has 0 N–H and O–H groups in total. The van der Waals surface area contributed by atoms with Crippen molar-refractivity contribution in [3.05, 3.63) is 206 Å². The molecule has 0 aliphatic heterocycles. The Bertz CT molecular complexity index is 2920. The van der Waals surface area contributed by atoms with Crippen molar-refractivity contribution < 1.29 is 0 Å². The van der Waals surface area contributed by atoms with E-state index in [1.165, 1.54) is 98.7 Å². The summed E-state index contributed by atoms with van der Waals surface area (Å²) in [4.78, 5) is 0. The number of hydrogen-bond donors (Lipinski definition) is 0. The molecule has 0 aliphatic carbocycles. The predicted octanol–water partition coefficient (Wildman–Crippen LogP) is 14.6. The average Bonchev–Trinajstić information content (AvgIpc) is 3.23. The van der Waals surface area contributed by atoms with Crippen LogP contribution in [0.2, 0.25) is 0 Å². The van der Waals surface area contributed by atoms with Gasteiger partial charge >= 0.3 is 0 Å². The van der Waals surface area contributed by atoms with Crippen molar-refractivity contribution >= 4 is 43.1 Å². The van der Waals surface area contributed by atoms with Crippen LogP contribution in [0, 0.1) is 0 Å². The Morgan fingerprint density at radius 1 is 0.192 bits per heavy atom. The Morgan fingerprint density at radius 3 is 1.13 bits per heavy atom.